The molecule has 1 aliphatic carbocycles. The maximum absolute atomic E-state index is 11.2. The second-order valence-electron chi connectivity index (χ2n) is 2.97. The van der Waals surface area contributed by atoms with Gasteiger partial charge in [0.1, 0.15) is 0 Å². The molecule has 66 valence electrons. The summed E-state index contributed by atoms with van der Waals surface area (Å²) in [7, 11) is 0. The molecule has 0 saturated heterocycles. The molecule has 3 nitrogen and oxygen atoms in total. The predicted molar refractivity (Wildman–Crippen MR) is 44.7 cm³/mol. The van der Waals surface area contributed by atoms with Crippen LogP contribution < -0.4 is 0 Å². The fourth-order valence-corrected chi connectivity index (χ4v) is 1.13. The summed E-state index contributed by atoms with van der Waals surface area (Å²) in [5.41, 5.74) is -0.753. The first-order chi connectivity index (χ1) is 5.61. The third kappa shape index (κ3) is 1.56. The molecule has 0 saturated carbocycles. The highest BCUT2D eigenvalue weighted by atomic mass is 16.3. The van der Waals surface area contributed by atoms with E-state index in [1.165, 1.54) is 6.08 Å². The largest absolute Gasteiger partial charge is 0.515 e. The van der Waals surface area contributed by atoms with Crippen LogP contribution in [0.4, 0.5) is 0 Å². The molecular formula is C9H12O3. The minimum absolute atomic E-state index is 0.0619. The van der Waals surface area contributed by atoms with E-state index in [1.54, 1.807) is 6.08 Å². The minimum Gasteiger partial charge on any atom is -0.515 e. The molecule has 0 aromatic carbocycles. The Balaban J connectivity index is 2.91. The summed E-state index contributed by atoms with van der Waals surface area (Å²) in [6.45, 7) is 1.81. The number of aliphatic hydroxyl groups excluding tert-OH is 1. The number of rotatable bonds is 1. The Hall–Kier alpha value is -1.09. The van der Waals surface area contributed by atoms with Gasteiger partial charge in [-0.3, -0.25) is 4.79 Å². The van der Waals surface area contributed by atoms with Gasteiger partial charge in [-0.1, -0.05) is 13.0 Å². The summed E-state index contributed by atoms with van der Waals surface area (Å²) in [4.78, 5) is 11.2. The molecule has 1 rings (SSSR count). The Bertz CT molecular complexity index is 252. The van der Waals surface area contributed by atoms with Gasteiger partial charge < -0.3 is 10.2 Å². The van der Waals surface area contributed by atoms with Gasteiger partial charge in [-0.05, 0) is 12.5 Å². The van der Waals surface area contributed by atoms with Crippen LogP contribution in [0.15, 0.2) is 24.0 Å². The van der Waals surface area contributed by atoms with E-state index in [2.05, 4.69) is 0 Å². The molecule has 0 aromatic rings. The highest BCUT2D eigenvalue weighted by molar-refractivity contribution is 5.99. The van der Waals surface area contributed by atoms with Gasteiger partial charge in [-0.15, -0.1) is 0 Å². The molecule has 1 aliphatic rings. The Morgan fingerprint density at radius 1 is 1.75 bits per heavy atom. The van der Waals surface area contributed by atoms with Gasteiger partial charge in [0.2, 0.25) is 0 Å². The normalized spacial score (nSPS) is 32.8. The summed E-state index contributed by atoms with van der Waals surface area (Å²) in [5.74, 6) is -0.218. The van der Waals surface area contributed by atoms with E-state index in [0.717, 1.165) is 6.26 Å². The van der Waals surface area contributed by atoms with E-state index >= 15 is 0 Å². The summed E-state index contributed by atoms with van der Waals surface area (Å²) >= 11 is 0. The monoisotopic (exact) mass is 168 g/mol. The molecule has 3 heteroatoms. The van der Waals surface area contributed by atoms with Crippen molar-refractivity contribution in [2.45, 2.75) is 25.4 Å². The van der Waals surface area contributed by atoms with Gasteiger partial charge in [0, 0.05) is 6.42 Å². The zero-order valence-electron chi connectivity index (χ0n) is 6.95. The number of aliphatic hydroxyl groups is 2. The molecule has 0 amide bonds. The van der Waals surface area contributed by atoms with Crippen molar-refractivity contribution in [1.29, 1.82) is 0 Å². The van der Waals surface area contributed by atoms with Crippen molar-refractivity contribution in [3.8, 4) is 0 Å². The average molecular weight is 168 g/mol. The van der Waals surface area contributed by atoms with Crippen molar-refractivity contribution in [1.82, 2.24) is 0 Å². The van der Waals surface area contributed by atoms with Gasteiger partial charge in [-0.2, -0.15) is 0 Å². The van der Waals surface area contributed by atoms with Crippen LogP contribution in [0.2, 0.25) is 0 Å². The Kier molecular flexibility index (Phi) is 2.33. The lowest BCUT2D eigenvalue weighted by Crippen LogP contribution is -2.31. The Morgan fingerprint density at radius 3 is 2.83 bits per heavy atom. The quantitative estimate of drug-likeness (QED) is 0.455. The highest BCUT2D eigenvalue weighted by Crippen LogP contribution is 2.24. The van der Waals surface area contributed by atoms with E-state index in [4.69, 9.17) is 5.11 Å². The minimum atomic E-state index is -1.01. The fraction of sp³-hybridized carbons (Fsp3) is 0.444. The molecule has 0 bridgehead atoms. The molecule has 0 spiro atoms. The maximum Gasteiger partial charge on any atom is 0.169 e. The first-order valence-corrected chi connectivity index (χ1v) is 3.90. The van der Waals surface area contributed by atoms with Gasteiger partial charge in [0.15, 0.2) is 5.78 Å². The molecule has 0 radical (unpaired) electrons. The molecule has 1 unspecified atom stereocenters. The van der Waals surface area contributed by atoms with Gasteiger partial charge in [-0.25, -0.2) is 0 Å². The van der Waals surface area contributed by atoms with E-state index in [1.807, 2.05) is 6.92 Å². The van der Waals surface area contributed by atoms with E-state index in [0.29, 0.717) is 6.42 Å². The van der Waals surface area contributed by atoms with E-state index in [9.17, 15) is 9.90 Å². The van der Waals surface area contributed by atoms with E-state index in [-0.39, 0.29) is 17.8 Å². The van der Waals surface area contributed by atoms with Crippen LogP contribution in [0.25, 0.3) is 0 Å². The highest BCUT2D eigenvalue weighted by Gasteiger charge is 2.29. The number of carbonyl (C=O) groups excluding carboxylic acids is 1. The standard InChI is InChI=1S/C9H12O3/c1-2-9(12)4-3-7(6-10)8(11)5-9/h3-4,6,10,12H,2,5H2,1H3. The van der Waals surface area contributed by atoms with Gasteiger partial charge in [0.05, 0.1) is 17.4 Å². The molecule has 0 heterocycles. The number of allylic oxidation sites excluding steroid dienone is 2. The zero-order chi connectivity index (χ0) is 9.19. The van der Waals surface area contributed by atoms with Crippen LogP contribution in [-0.4, -0.2) is 21.6 Å². The topological polar surface area (TPSA) is 57.5 Å². The number of hydrogen-bond donors (Lipinski definition) is 2. The first kappa shape index (κ1) is 9.00. The van der Waals surface area contributed by atoms with Crippen molar-refractivity contribution >= 4 is 5.78 Å². The van der Waals surface area contributed by atoms with Gasteiger partial charge in [0.25, 0.3) is 0 Å². The van der Waals surface area contributed by atoms with Crippen molar-refractivity contribution in [3.63, 3.8) is 0 Å². The predicted octanol–water partition coefficient (Wildman–Crippen LogP) is 1.10. The van der Waals surface area contributed by atoms with Crippen LogP contribution in [0.1, 0.15) is 19.8 Å². The lowest BCUT2D eigenvalue weighted by molar-refractivity contribution is -0.119. The lowest BCUT2D eigenvalue weighted by atomic mass is 9.86. The summed E-state index contributed by atoms with van der Waals surface area (Å²) < 4.78 is 0. The Labute approximate surface area is 71.0 Å². The van der Waals surface area contributed by atoms with Crippen LogP contribution >= 0.6 is 0 Å². The maximum atomic E-state index is 11.2. The molecule has 0 aromatic heterocycles. The third-order valence-electron chi connectivity index (χ3n) is 2.11. The second kappa shape index (κ2) is 3.11. The van der Waals surface area contributed by atoms with Crippen LogP contribution in [0.5, 0.6) is 0 Å². The SMILES string of the molecule is CCC1(O)C=CC(=CO)C(=O)C1. The van der Waals surface area contributed by atoms with Crippen molar-refractivity contribution in [3.05, 3.63) is 24.0 Å². The molecule has 0 aliphatic heterocycles. The van der Waals surface area contributed by atoms with Crippen LogP contribution in [0.3, 0.4) is 0 Å². The third-order valence-corrected chi connectivity index (χ3v) is 2.11. The number of ketones is 1. The van der Waals surface area contributed by atoms with Crippen molar-refractivity contribution in [2.75, 3.05) is 0 Å². The summed E-state index contributed by atoms with van der Waals surface area (Å²) in [6, 6.07) is 0. The van der Waals surface area contributed by atoms with Gasteiger partial charge >= 0.3 is 0 Å². The lowest BCUT2D eigenvalue weighted by Gasteiger charge is -2.25. The smallest absolute Gasteiger partial charge is 0.169 e. The van der Waals surface area contributed by atoms with E-state index < -0.39 is 5.60 Å². The fourth-order valence-electron chi connectivity index (χ4n) is 1.13. The first-order valence-electron chi connectivity index (χ1n) is 3.90. The molecule has 12 heavy (non-hydrogen) atoms. The molecular weight excluding hydrogens is 156 g/mol. The average Bonchev–Trinajstić information content (AvgIpc) is 2.05. The number of hydrogen-bond acceptors (Lipinski definition) is 3. The number of carbonyl (C=O) groups is 1. The summed E-state index contributed by atoms with van der Waals surface area (Å²) in [5, 5.41) is 18.2. The zero-order valence-corrected chi connectivity index (χ0v) is 6.95. The molecule has 0 fully saturated rings. The number of Topliss-reactive ketones (excluding diaryl/α,β-unsaturated/α-hetero) is 1. The molecule has 1 atom stereocenters. The van der Waals surface area contributed by atoms with Crippen molar-refractivity contribution < 1.29 is 15.0 Å². The summed E-state index contributed by atoms with van der Waals surface area (Å²) in [6.07, 6.45) is 4.35. The van der Waals surface area contributed by atoms with Crippen LogP contribution in [-0.2, 0) is 4.79 Å². The Morgan fingerprint density at radius 2 is 2.42 bits per heavy atom. The molecule has 2 N–H and O–H groups in total. The second-order valence-corrected chi connectivity index (χ2v) is 2.97. The van der Waals surface area contributed by atoms with Crippen molar-refractivity contribution in [2.24, 2.45) is 0 Å². The van der Waals surface area contributed by atoms with Crippen LogP contribution in [0, 0.1) is 0 Å².